The van der Waals surface area contributed by atoms with E-state index in [1.54, 1.807) is 31.2 Å². The summed E-state index contributed by atoms with van der Waals surface area (Å²) >= 11 is 1.30. The van der Waals surface area contributed by atoms with E-state index in [0.717, 1.165) is 5.56 Å². The highest BCUT2D eigenvalue weighted by atomic mass is 32.1. The molecule has 1 aliphatic heterocycles. The second kappa shape index (κ2) is 10.6. The fraction of sp³-hybridized carbons (Fsp3) is 0.320. The van der Waals surface area contributed by atoms with Crippen LogP contribution in [0, 0.1) is 0 Å². The number of hydrogen-bond donors (Lipinski definition) is 2. The zero-order chi connectivity index (χ0) is 24.9. The summed E-state index contributed by atoms with van der Waals surface area (Å²) in [5.41, 5.74) is 2.40. The molecule has 0 spiro atoms. The molecule has 184 valence electrons. The Kier molecular flexibility index (Phi) is 7.40. The maximum absolute atomic E-state index is 13.0. The first-order valence-corrected chi connectivity index (χ1v) is 12.3. The minimum Gasteiger partial charge on any atom is -0.490 e. The molecular formula is C25H27N3O6S. The van der Waals surface area contributed by atoms with Gasteiger partial charge in [-0.15, -0.1) is 11.3 Å². The number of amides is 2. The fourth-order valence-corrected chi connectivity index (χ4v) is 4.24. The van der Waals surface area contributed by atoms with Crippen molar-refractivity contribution in [3.8, 4) is 34.3 Å². The molecule has 35 heavy (non-hydrogen) atoms. The number of hydrogen-bond acceptors (Lipinski definition) is 8. The first-order chi connectivity index (χ1) is 16.9. The summed E-state index contributed by atoms with van der Waals surface area (Å²) in [6.45, 7) is 8.55. The van der Waals surface area contributed by atoms with Gasteiger partial charge in [-0.3, -0.25) is 14.9 Å². The molecule has 0 radical (unpaired) electrons. The smallest absolute Gasteiger partial charge is 0.265 e. The zero-order valence-electron chi connectivity index (χ0n) is 20.0. The number of nitrogens with zero attached hydrogens (tertiary/aromatic N) is 1. The van der Waals surface area contributed by atoms with Crippen LogP contribution in [-0.2, 0) is 4.79 Å². The summed E-state index contributed by atoms with van der Waals surface area (Å²) in [5, 5.41) is 7.93. The van der Waals surface area contributed by atoms with Crippen LogP contribution in [0.25, 0.3) is 11.3 Å². The summed E-state index contributed by atoms with van der Waals surface area (Å²) in [6, 6.07) is 8.72. The lowest BCUT2D eigenvalue weighted by atomic mass is 10.1. The molecule has 4 rings (SSSR count). The largest absolute Gasteiger partial charge is 0.490 e. The molecule has 0 bridgehead atoms. The Labute approximate surface area is 207 Å². The quantitative estimate of drug-likeness (QED) is 0.429. The van der Waals surface area contributed by atoms with Crippen LogP contribution in [0.15, 0.2) is 35.7 Å². The minimum atomic E-state index is -0.538. The van der Waals surface area contributed by atoms with Gasteiger partial charge in [-0.1, -0.05) is 0 Å². The molecule has 1 aromatic heterocycles. The molecule has 10 heteroatoms. The van der Waals surface area contributed by atoms with E-state index in [1.807, 2.05) is 32.2 Å². The summed E-state index contributed by atoms with van der Waals surface area (Å²) in [6.07, 6.45) is -0.538. The van der Waals surface area contributed by atoms with Crippen molar-refractivity contribution in [1.29, 1.82) is 0 Å². The zero-order valence-corrected chi connectivity index (χ0v) is 20.8. The first kappa shape index (κ1) is 24.3. The van der Waals surface area contributed by atoms with Crippen molar-refractivity contribution in [1.82, 2.24) is 4.98 Å². The average molecular weight is 498 g/mol. The van der Waals surface area contributed by atoms with Crippen molar-refractivity contribution in [2.75, 3.05) is 30.5 Å². The van der Waals surface area contributed by atoms with Gasteiger partial charge in [-0.25, -0.2) is 4.98 Å². The van der Waals surface area contributed by atoms with Crippen molar-refractivity contribution in [3.05, 3.63) is 41.3 Å². The van der Waals surface area contributed by atoms with Crippen LogP contribution in [0.1, 0.15) is 38.1 Å². The van der Waals surface area contributed by atoms with Gasteiger partial charge in [0.25, 0.3) is 11.8 Å². The molecule has 0 aliphatic carbocycles. The number of ether oxygens (including phenoxy) is 4. The molecule has 1 atom stereocenters. The van der Waals surface area contributed by atoms with Gasteiger partial charge in [-0.2, -0.15) is 0 Å². The van der Waals surface area contributed by atoms with Gasteiger partial charge < -0.3 is 24.3 Å². The average Bonchev–Trinajstić information content (AvgIpc) is 3.30. The molecule has 3 aromatic rings. The van der Waals surface area contributed by atoms with Crippen molar-refractivity contribution in [2.24, 2.45) is 0 Å². The highest BCUT2D eigenvalue weighted by molar-refractivity contribution is 7.14. The van der Waals surface area contributed by atoms with Crippen LogP contribution in [-0.4, -0.2) is 42.7 Å². The standard InChI is InChI=1S/C25H27N3O6S/c1-5-31-20-11-16(12-21(32-6-2)22(20)33-7-3)24(30)28-25-27-18(13-35-25)15-8-9-19-17(10-15)26-23(29)14(4)34-19/h8-14H,5-7H2,1-4H3,(H,26,29)(H,27,28,30). The van der Waals surface area contributed by atoms with Gasteiger partial charge in [0.05, 0.1) is 31.2 Å². The molecule has 2 heterocycles. The lowest BCUT2D eigenvalue weighted by Crippen LogP contribution is -2.34. The van der Waals surface area contributed by atoms with E-state index >= 15 is 0 Å². The van der Waals surface area contributed by atoms with E-state index in [0.29, 0.717) is 64.9 Å². The SMILES string of the molecule is CCOc1cc(C(=O)Nc2nc(-c3ccc4c(c3)NC(=O)C(C)O4)cs2)cc(OCC)c1OCC. The van der Waals surface area contributed by atoms with Crippen molar-refractivity contribution >= 4 is 34.0 Å². The third-order valence-electron chi connectivity index (χ3n) is 5.10. The lowest BCUT2D eigenvalue weighted by molar-refractivity contribution is -0.122. The minimum absolute atomic E-state index is 0.200. The number of rotatable bonds is 9. The monoisotopic (exact) mass is 497 g/mol. The Bertz CT molecular complexity index is 1210. The highest BCUT2D eigenvalue weighted by Gasteiger charge is 2.24. The normalized spacial score (nSPS) is 14.4. The summed E-state index contributed by atoms with van der Waals surface area (Å²) in [7, 11) is 0. The second-order valence-electron chi connectivity index (χ2n) is 7.55. The number of thiazole rings is 1. The molecule has 9 nitrogen and oxygen atoms in total. The van der Waals surface area contributed by atoms with Crippen LogP contribution >= 0.6 is 11.3 Å². The van der Waals surface area contributed by atoms with Crippen LogP contribution < -0.4 is 29.6 Å². The molecule has 2 N–H and O–H groups in total. The van der Waals surface area contributed by atoms with Crippen LogP contribution in [0.2, 0.25) is 0 Å². The third-order valence-corrected chi connectivity index (χ3v) is 5.86. The Hall–Kier alpha value is -3.79. The number of aromatic nitrogens is 1. The van der Waals surface area contributed by atoms with Gasteiger partial charge in [0.2, 0.25) is 5.75 Å². The molecule has 2 aromatic carbocycles. The van der Waals surface area contributed by atoms with Gasteiger partial charge in [-0.05, 0) is 58.0 Å². The van der Waals surface area contributed by atoms with Crippen molar-refractivity contribution in [3.63, 3.8) is 0 Å². The van der Waals surface area contributed by atoms with Crippen LogP contribution in [0.4, 0.5) is 10.8 Å². The molecule has 1 unspecified atom stereocenters. The van der Waals surface area contributed by atoms with Crippen molar-refractivity contribution < 1.29 is 28.5 Å². The lowest BCUT2D eigenvalue weighted by Gasteiger charge is -2.23. The topological polar surface area (TPSA) is 108 Å². The van der Waals surface area contributed by atoms with E-state index in [4.69, 9.17) is 18.9 Å². The predicted octanol–water partition coefficient (Wildman–Crippen LogP) is 4.98. The summed E-state index contributed by atoms with van der Waals surface area (Å²) in [5.74, 6) is 1.42. The van der Waals surface area contributed by atoms with E-state index in [1.165, 1.54) is 11.3 Å². The number of nitrogens with one attached hydrogen (secondary N) is 2. The number of carbonyl (C=O) groups is 2. The highest BCUT2D eigenvalue weighted by Crippen LogP contribution is 2.40. The van der Waals surface area contributed by atoms with Crippen LogP contribution in [0.5, 0.6) is 23.0 Å². The Morgan fingerprint density at radius 2 is 1.77 bits per heavy atom. The Morgan fingerprint density at radius 1 is 1.09 bits per heavy atom. The van der Waals surface area contributed by atoms with E-state index in [9.17, 15) is 9.59 Å². The Balaban J connectivity index is 1.55. The van der Waals surface area contributed by atoms with Gasteiger partial charge >= 0.3 is 0 Å². The van der Waals surface area contributed by atoms with E-state index < -0.39 is 6.10 Å². The molecule has 0 saturated heterocycles. The predicted molar refractivity (Wildman–Crippen MR) is 134 cm³/mol. The third kappa shape index (κ3) is 5.32. The molecule has 2 amide bonds. The maximum Gasteiger partial charge on any atom is 0.265 e. The van der Waals surface area contributed by atoms with Gasteiger partial charge in [0.15, 0.2) is 22.7 Å². The number of fused-ring (bicyclic) bond motifs is 1. The van der Waals surface area contributed by atoms with E-state index in [-0.39, 0.29) is 11.8 Å². The number of benzene rings is 2. The number of carbonyl (C=O) groups excluding carboxylic acids is 2. The molecule has 0 fully saturated rings. The van der Waals surface area contributed by atoms with Crippen molar-refractivity contribution in [2.45, 2.75) is 33.8 Å². The second-order valence-corrected chi connectivity index (χ2v) is 8.41. The molecule has 1 aliphatic rings. The number of anilines is 2. The summed E-state index contributed by atoms with van der Waals surface area (Å²) < 4.78 is 22.7. The summed E-state index contributed by atoms with van der Waals surface area (Å²) in [4.78, 5) is 29.5. The maximum atomic E-state index is 13.0. The fourth-order valence-electron chi connectivity index (χ4n) is 3.52. The first-order valence-electron chi connectivity index (χ1n) is 11.4. The van der Waals surface area contributed by atoms with E-state index in [2.05, 4.69) is 15.6 Å². The molecular weight excluding hydrogens is 470 g/mol. The van der Waals surface area contributed by atoms with Crippen LogP contribution in [0.3, 0.4) is 0 Å². The van der Waals surface area contributed by atoms with Gasteiger partial charge in [0, 0.05) is 16.5 Å². The molecule has 0 saturated carbocycles. The Morgan fingerprint density at radius 3 is 2.43 bits per heavy atom. The van der Waals surface area contributed by atoms with Gasteiger partial charge in [0.1, 0.15) is 5.75 Å².